The third-order valence-corrected chi connectivity index (χ3v) is 5.05. The largest absolute Gasteiger partial charge is 0.493 e. The van der Waals surface area contributed by atoms with Crippen molar-refractivity contribution < 1.29 is 4.74 Å². The number of hydrogen-bond donors (Lipinski definition) is 1. The number of alkyl halides is 1. The summed E-state index contributed by atoms with van der Waals surface area (Å²) in [7, 11) is 0. The van der Waals surface area contributed by atoms with Crippen molar-refractivity contribution >= 4 is 23.2 Å². The first-order valence-electron chi connectivity index (χ1n) is 7.55. The average Bonchev–Trinajstić information content (AvgIpc) is 2.79. The minimum Gasteiger partial charge on any atom is -0.493 e. The molecule has 110 valence electrons. The van der Waals surface area contributed by atoms with Crippen LogP contribution in [-0.4, -0.2) is 18.0 Å². The van der Waals surface area contributed by atoms with E-state index in [1.165, 1.54) is 24.8 Å². The summed E-state index contributed by atoms with van der Waals surface area (Å²) >= 11 is 12.7. The minimum absolute atomic E-state index is 0.241. The highest BCUT2D eigenvalue weighted by Gasteiger charge is 2.23. The molecule has 2 atom stereocenters. The first kappa shape index (κ1) is 14.5. The Balaban J connectivity index is 1.69. The van der Waals surface area contributed by atoms with Gasteiger partial charge in [-0.3, -0.25) is 0 Å². The van der Waals surface area contributed by atoms with Gasteiger partial charge < -0.3 is 10.1 Å². The number of halogens is 2. The number of fused-ring (bicyclic) bond motifs is 1. The monoisotopic (exact) mass is 313 g/mol. The first-order valence-corrected chi connectivity index (χ1v) is 8.37. The van der Waals surface area contributed by atoms with Gasteiger partial charge in [0.15, 0.2) is 0 Å². The summed E-state index contributed by atoms with van der Waals surface area (Å²) in [6.45, 7) is 1.56. The second kappa shape index (κ2) is 6.55. The van der Waals surface area contributed by atoms with E-state index in [0.29, 0.717) is 6.04 Å². The van der Waals surface area contributed by atoms with Gasteiger partial charge in [-0.15, -0.1) is 11.6 Å². The quantitative estimate of drug-likeness (QED) is 0.663. The molecule has 0 spiro atoms. The van der Waals surface area contributed by atoms with Gasteiger partial charge in [0, 0.05) is 35.0 Å². The summed E-state index contributed by atoms with van der Waals surface area (Å²) in [5, 5.41) is 4.66. The van der Waals surface area contributed by atoms with E-state index in [1.54, 1.807) is 0 Å². The van der Waals surface area contributed by atoms with Crippen LogP contribution in [0.15, 0.2) is 12.1 Å². The highest BCUT2D eigenvalue weighted by Crippen LogP contribution is 2.33. The van der Waals surface area contributed by atoms with Gasteiger partial charge in [-0.1, -0.05) is 30.9 Å². The van der Waals surface area contributed by atoms with Crippen molar-refractivity contribution in [1.82, 2.24) is 5.32 Å². The zero-order valence-electron chi connectivity index (χ0n) is 11.6. The van der Waals surface area contributed by atoms with Crippen LogP contribution in [0.4, 0.5) is 0 Å². The molecule has 1 saturated carbocycles. The Bertz CT molecular complexity index is 478. The molecule has 1 fully saturated rings. The van der Waals surface area contributed by atoms with Crippen LogP contribution in [0.3, 0.4) is 0 Å². The number of benzene rings is 1. The summed E-state index contributed by atoms with van der Waals surface area (Å²) in [6, 6.07) is 4.43. The van der Waals surface area contributed by atoms with Crippen molar-refractivity contribution in [3.63, 3.8) is 0 Å². The van der Waals surface area contributed by atoms with E-state index in [9.17, 15) is 0 Å². The zero-order chi connectivity index (χ0) is 13.9. The second-order valence-corrected chi connectivity index (χ2v) is 6.79. The molecule has 20 heavy (non-hydrogen) atoms. The molecule has 2 nitrogen and oxygen atoms in total. The summed E-state index contributed by atoms with van der Waals surface area (Å²) in [6.07, 6.45) is 7.07. The van der Waals surface area contributed by atoms with Crippen LogP contribution in [0.1, 0.15) is 43.2 Å². The fourth-order valence-corrected chi connectivity index (χ4v) is 3.84. The molecule has 0 radical (unpaired) electrons. The van der Waals surface area contributed by atoms with Crippen molar-refractivity contribution in [3.05, 3.63) is 28.3 Å². The van der Waals surface area contributed by atoms with Crippen molar-refractivity contribution in [3.8, 4) is 5.75 Å². The number of ether oxygens (including phenoxy) is 1. The van der Waals surface area contributed by atoms with Gasteiger partial charge >= 0.3 is 0 Å². The van der Waals surface area contributed by atoms with Gasteiger partial charge in [-0.05, 0) is 30.5 Å². The standard InChI is InChI=1S/C16H21Cl2NO/c17-13-8-11-6-7-20-16(11)12(9-13)10-19-15-5-3-1-2-4-14(15)18/h8-9,14-15,19H,1-7,10H2. The summed E-state index contributed by atoms with van der Waals surface area (Å²) < 4.78 is 5.74. The lowest BCUT2D eigenvalue weighted by Crippen LogP contribution is -2.35. The topological polar surface area (TPSA) is 21.3 Å². The summed E-state index contributed by atoms with van der Waals surface area (Å²) in [5.74, 6) is 1.03. The van der Waals surface area contributed by atoms with E-state index in [0.717, 1.165) is 48.7 Å². The smallest absolute Gasteiger partial charge is 0.127 e. The van der Waals surface area contributed by atoms with Gasteiger partial charge in [0.2, 0.25) is 0 Å². The highest BCUT2D eigenvalue weighted by molar-refractivity contribution is 6.30. The summed E-state index contributed by atoms with van der Waals surface area (Å²) in [4.78, 5) is 0. The molecule has 0 saturated heterocycles. The van der Waals surface area contributed by atoms with Crippen molar-refractivity contribution in [1.29, 1.82) is 0 Å². The van der Waals surface area contributed by atoms with Crippen molar-refractivity contribution in [2.75, 3.05) is 6.61 Å². The fraction of sp³-hybridized carbons (Fsp3) is 0.625. The van der Waals surface area contributed by atoms with Gasteiger partial charge in [0.25, 0.3) is 0 Å². The van der Waals surface area contributed by atoms with Gasteiger partial charge in [-0.2, -0.15) is 0 Å². The zero-order valence-corrected chi connectivity index (χ0v) is 13.1. The molecule has 1 aromatic carbocycles. The van der Waals surface area contributed by atoms with Crippen LogP contribution in [0.5, 0.6) is 5.75 Å². The molecule has 4 heteroatoms. The van der Waals surface area contributed by atoms with Crippen LogP contribution in [0, 0.1) is 0 Å². The maximum absolute atomic E-state index is 6.48. The predicted molar refractivity (Wildman–Crippen MR) is 84.0 cm³/mol. The molecule has 1 aliphatic carbocycles. The molecular weight excluding hydrogens is 293 g/mol. The number of hydrogen-bond acceptors (Lipinski definition) is 2. The molecule has 0 aromatic heterocycles. The molecule has 2 unspecified atom stereocenters. The number of rotatable bonds is 3. The fourth-order valence-electron chi connectivity index (χ4n) is 3.21. The van der Waals surface area contributed by atoms with Crippen LogP contribution < -0.4 is 10.1 Å². The minimum atomic E-state index is 0.241. The lowest BCUT2D eigenvalue weighted by Gasteiger charge is -2.22. The molecule has 1 N–H and O–H groups in total. The highest BCUT2D eigenvalue weighted by atomic mass is 35.5. The second-order valence-electron chi connectivity index (χ2n) is 5.79. The van der Waals surface area contributed by atoms with E-state index in [1.807, 2.05) is 12.1 Å². The Morgan fingerprint density at radius 2 is 2.05 bits per heavy atom. The van der Waals surface area contributed by atoms with Gasteiger partial charge in [0.1, 0.15) is 5.75 Å². The lowest BCUT2D eigenvalue weighted by molar-refractivity contribution is 0.350. The van der Waals surface area contributed by atoms with E-state index >= 15 is 0 Å². The molecule has 0 amide bonds. The van der Waals surface area contributed by atoms with E-state index in [4.69, 9.17) is 27.9 Å². The Hall–Kier alpha value is -0.440. The summed E-state index contributed by atoms with van der Waals surface area (Å²) in [5.41, 5.74) is 2.40. The Morgan fingerprint density at radius 3 is 2.95 bits per heavy atom. The Morgan fingerprint density at radius 1 is 1.20 bits per heavy atom. The Kier molecular flexibility index (Phi) is 4.75. The molecule has 1 heterocycles. The maximum atomic E-state index is 6.48. The van der Waals surface area contributed by atoms with Crippen LogP contribution in [0.25, 0.3) is 0 Å². The van der Waals surface area contributed by atoms with Crippen LogP contribution in [0.2, 0.25) is 5.02 Å². The van der Waals surface area contributed by atoms with E-state index in [2.05, 4.69) is 5.32 Å². The Labute approximate surface area is 130 Å². The number of nitrogens with one attached hydrogen (secondary N) is 1. The van der Waals surface area contributed by atoms with Gasteiger partial charge in [0.05, 0.1) is 6.61 Å². The molecular formula is C16H21Cl2NO. The van der Waals surface area contributed by atoms with Crippen molar-refractivity contribution in [2.45, 2.75) is 56.5 Å². The van der Waals surface area contributed by atoms with Crippen LogP contribution >= 0.6 is 23.2 Å². The van der Waals surface area contributed by atoms with E-state index < -0.39 is 0 Å². The maximum Gasteiger partial charge on any atom is 0.127 e. The lowest BCUT2D eigenvalue weighted by atomic mass is 10.1. The SMILES string of the molecule is Clc1cc2c(c(CNC3CCCCCC3Cl)c1)OCC2. The predicted octanol–water partition coefficient (Wildman–Crippen LogP) is 4.30. The molecule has 0 bridgehead atoms. The van der Waals surface area contributed by atoms with E-state index in [-0.39, 0.29) is 5.38 Å². The van der Waals surface area contributed by atoms with Crippen LogP contribution in [-0.2, 0) is 13.0 Å². The first-order chi connectivity index (χ1) is 9.74. The molecule has 3 rings (SSSR count). The molecule has 1 aromatic rings. The third kappa shape index (κ3) is 3.24. The average molecular weight is 314 g/mol. The third-order valence-electron chi connectivity index (χ3n) is 4.31. The van der Waals surface area contributed by atoms with Gasteiger partial charge in [-0.25, -0.2) is 0 Å². The normalized spacial score (nSPS) is 25.9. The molecule has 1 aliphatic heterocycles. The van der Waals surface area contributed by atoms with Crippen molar-refractivity contribution in [2.24, 2.45) is 0 Å². The molecule has 2 aliphatic rings.